The van der Waals surface area contributed by atoms with Gasteiger partial charge in [-0.2, -0.15) is 5.10 Å². The van der Waals surface area contributed by atoms with Gasteiger partial charge in [0.2, 0.25) is 0 Å². The van der Waals surface area contributed by atoms with E-state index in [1.165, 1.54) is 12.1 Å². The Bertz CT molecular complexity index is 847. The zero-order valence-corrected chi connectivity index (χ0v) is 17.5. The highest BCUT2D eigenvalue weighted by molar-refractivity contribution is 5.73. The van der Waals surface area contributed by atoms with Crippen LogP contribution in [0.25, 0.3) is 11.3 Å². The summed E-state index contributed by atoms with van der Waals surface area (Å²) in [6.07, 6.45) is 2.34. The predicted molar refractivity (Wildman–Crippen MR) is 113 cm³/mol. The van der Waals surface area contributed by atoms with Crippen molar-refractivity contribution < 1.29 is 9.53 Å². The van der Waals surface area contributed by atoms with E-state index < -0.39 is 0 Å². The Morgan fingerprint density at radius 1 is 1.28 bits per heavy atom. The molecule has 5 rings (SSSR count). The number of benzene rings is 1. The largest absolute Gasteiger partial charge is 0.497 e. The average molecular weight is 398 g/mol. The molecule has 3 fully saturated rings. The van der Waals surface area contributed by atoms with Gasteiger partial charge in [0.15, 0.2) is 0 Å². The topological polar surface area (TPSA) is 71.4 Å². The normalized spacial score (nSPS) is 25.6. The minimum absolute atomic E-state index is 0.0672. The molecule has 4 unspecified atom stereocenters. The molecule has 7 nitrogen and oxygen atoms in total. The number of hydrogen-bond acceptors (Lipinski definition) is 4. The predicted octanol–water partition coefficient (Wildman–Crippen LogP) is 2.59. The van der Waals surface area contributed by atoms with Crippen LogP contribution in [-0.4, -0.2) is 60.0 Å². The van der Waals surface area contributed by atoms with Crippen molar-refractivity contribution in [3.63, 3.8) is 0 Å². The third-order valence-corrected chi connectivity index (χ3v) is 6.40. The van der Waals surface area contributed by atoms with Crippen LogP contribution in [0.15, 0.2) is 30.3 Å². The van der Waals surface area contributed by atoms with E-state index in [1.54, 1.807) is 7.11 Å². The number of aryl methyl sites for hydroxylation is 1. The number of nitrogens with one attached hydrogen (secondary N) is 2. The van der Waals surface area contributed by atoms with Crippen LogP contribution in [0.3, 0.4) is 0 Å². The lowest BCUT2D eigenvalue weighted by Crippen LogP contribution is -2.56. The van der Waals surface area contributed by atoms with E-state index in [0.29, 0.717) is 24.4 Å². The molecular weight excluding hydrogens is 366 g/mol. The molecule has 0 radical (unpaired) electrons. The number of urea groups is 1. The smallest absolute Gasteiger partial charge is 0.314 e. The average Bonchev–Trinajstić information content (AvgIpc) is 3.14. The fourth-order valence-electron chi connectivity index (χ4n) is 4.85. The first kappa shape index (κ1) is 19.8. The molecule has 156 valence electrons. The number of ether oxygens (including phenoxy) is 1. The molecule has 7 heteroatoms. The van der Waals surface area contributed by atoms with Gasteiger partial charge in [0.1, 0.15) is 5.75 Å². The number of piperidine rings is 3. The minimum atomic E-state index is -0.0672. The summed E-state index contributed by atoms with van der Waals surface area (Å²) in [5, 5.41) is 10.6. The monoisotopic (exact) mass is 397 g/mol. The van der Waals surface area contributed by atoms with Crippen molar-refractivity contribution in [3.05, 3.63) is 36.0 Å². The second-order valence-corrected chi connectivity index (χ2v) is 8.09. The van der Waals surface area contributed by atoms with Crippen molar-refractivity contribution in [1.29, 1.82) is 0 Å². The standard InChI is InChI=1S/C22H31N5O2/c1-4-23-22(28)24-13-17-11-16-9-10-27(17)14-19(16)21-12-20(25-26(21)2)15-5-7-18(29-3)8-6-15/h5-8,12,16-17,19H,4,9-11,13-14H2,1-3H3,(H2,23,24,28). The van der Waals surface area contributed by atoms with Gasteiger partial charge in [-0.05, 0) is 62.6 Å². The number of aromatic nitrogens is 2. The first-order valence-electron chi connectivity index (χ1n) is 10.5. The number of methoxy groups -OCH3 is 1. The molecule has 4 heterocycles. The van der Waals surface area contributed by atoms with Crippen molar-refractivity contribution in [2.45, 2.75) is 31.7 Å². The Hall–Kier alpha value is -2.54. The van der Waals surface area contributed by atoms with Crippen LogP contribution in [0.4, 0.5) is 4.79 Å². The van der Waals surface area contributed by atoms with E-state index in [0.717, 1.165) is 43.1 Å². The summed E-state index contributed by atoms with van der Waals surface area (Å²) in [6, 6.07) is 10.7. The second kappa shape index (κ2) is 8.45. The lowest BCUT2D eigenvalue weighted by Gasteiger charge is -2.49. The van der Waals surface area contributed by atoms with Gasteiger partial charge in [-0.3, -0.25) is 9.58 Å². The van der Waals surface area contributed by atoms with Crippen molar-refractivity contribution in [3.8, 4) is 17.0 Å². The fraction of sp³-hybridized carbons (Fsp3) is 0.545. The van der Waals surface area contributed by atoms with E-state index >= 15 is 0 Å². The van der Waals surface area contributed by atoms with Crippen LogP contribution in [0.1, 0.15) is 31.4 Å². The lowest BCUT2D eigenvalue weighted by atomic mass is 9.74. The van der Waals surface area contributed by atoms with Gasteiger partial charge in [-0.15, -0.1) is 0 Å². The van der Waals surface area contributed by atoms with E-state index in [9.17, 15) is 4.79 Å². The Balaban J connectivity index is 1.45. The van der Waals surface area contributed by atoms with Crippen LogP contribution in [0.2, 0.25) is 0 Å². The van der Waals surface area contributed by atoms with Gasteiger partial charge in [0.05, 0.1) is 12.8 Å². The lowest BCUT2D eigenvalue weighted by molar-refractivity contribution is 0.0294. The Morgan fingerprint density at radius 3 is 2.72 bits per heavy atom. The Kier molecular flexibility index (Phi) is 5.76. The quantitative estimate of drug-likeness (QED) is 0.786. The van der Waals surface area contributed by atoms with Crippen LogP contribution in [0.5, 0.6) is 5.75 Å². The summed E-state index contributed by atoms with van der Waals surface area (Å²) < 4.78 is 7.31. The molecule has 0 saturated carbocycles. The van der Waals surface area contributed by atoms with Gasteiger partial charge in [-0.25, -0.2) is 4.79 Å². The highest BCUT2D eigenvalue weighted by Crippen LogP contribution is 2.42. The van der Waals surface area contributed by atoms with Crippen molar-refractivity contribution in [2.75, 3.05) is 33.3 Å². The van der Waals surface area contributed by atoms with Crippen LogP contribution >= 0.6 is 0 Å². The van der Waals surface area contributed by atoms with Crippen molar-refractivity contribution >= 4 is 6.03 Å². The molecule has 1 aromatic heterocycles. The van der Waals surface area contributed by atoms with E-state index in [1.807, 2.05) is 30.8 Å². The summed E-state index contributed by atoms with van der Waals surface area (Å²) in [5.74, 6) is 1.99. The molecule has 2 aromatic rings. The van der Waals surface area contributed by atoms with E-state index in [2.05, 4.69) is 33.7 Å². The molecule has 0 aliphatic carbocycles. The van der Waals surface area contributed by atoms with Crippen LogP contribution in [-0.2, 0) is 7.05 Å². The maximum atomic E-state index is 11.7. The van der Waals surface area contributed by atoms with Gasteiger partial charge in [0, 0.05) is 49.9 Å². The molecule has 3 aliphatic heterocycles. The molecule has 3 aliphatic rings. The molecule has 2 N–H and O–H groups in total. The fourth-order valence-corrected chi connectivity index (χ4v) is 4.85. The SMILES string of the molecule is CCNC(=O)NCC1CC2CCN1CC2c1cc(-c2ccc(OC)cc2)nn1C. The molecule has 29 heavy (non-hydrogen) atoms. The highest BCUT2D eigenvalue weighted by atomic mass is 16.5. The third kappa shape index (κ3) is 4.10. The molecule has 2 bridgehead atoms. The number of amides is 2. The van der Waals surface area contributed by atoms with Gasteiger partial charge in [0.25, 0.3) is 0 Å². The molecule has 3 saturated heterocycles. The van der Waals surface area contributed by atoms with Crippen molar-refractivity contribution in [2.24, 2.45) is 13.0 Å². The Labute approximate surface area is 172 Å². The van der Waals surface area contributed by atoms with Gasteiger partial charge in [-0.1, -0.05) is 0 Å². The van der Waals surface area contributed by atoms with Crippen LogP contribution in [0, 0.1) is 5.92 Å². The molecular formula is C22H31N5O2. The number of rotatable bonds is 6. The highest BCUT2D eigenvalue weighted by Gasteiger charge is 2.41. The maximum Gasteiger partial charge on any atom is 0.314 e. The Morgan fingerprint density at radius 2 is 2.07 bits per heavy atom. The number of nitrogens with zero attached hydrogens (tertiary/aromatic N) is 3. The molecule has 2 amide bonds. The van der Waals surface area contributed by atoms with Crippen LogP contribution < -0.4 is 15.4 Å². The number of hydrogen-bond donors (Lipinski definition) is 2. The molecule has 0 spiro atoms. The first-order chi connectivity index (χ1) is 14.1. The maximum absolute atomic E-state index is 11.7. The summed E-state index contributed by atoms with van der Waals surface area (Å²) in [7, 11) is 3.73. The zero-order chi connectivity index (χ0) is 20.4. The van der Waals surface area contributed by atoms with Crippen molar-refractivity contribution in [1.82, 2.24) is 25.3 Å². The van der Waals surface area contributed by atoms with Gasteiger partial charge < -0.3 is 15.4 Å². The number of carbonyl (C=O) groups excluding carboxylic acids is 1. The molecule has 1 aromatic carbocycles. The summed E-state index contributed by atoms with van der Waals surface area (Å²) in [6.45, 7) is 5.46. The number of fused-ring (bicyclic) bond motifs is 3. The van der Waals surface area contributed by atoms with E-state index in [4.69, 9.17) is 9.84 Å². The summed E-state index contributed by atoms with van der Waals surface area (Å²) in [4.78, 5) is 14.3. The second-order valence-electron chi connectivity index (χ2n) is 8.09. The summed E-state index contributed by atoms with van der Waals surface area (Å²) in [5.41, 5.74) is 3.43. The zero-order valence-electron chi connectivity index (χ0n) is 17.5. The molecule has 4 atom stereocenters. The number of carbonyl (C=O) groups is 1. The first-order valence-corrected chi connectivity index (χ1v) is 10.5. The van der Waals surface area contributed by atoms with Gasteiger partial charge >= 0.3 is 6.03 Å². The van der Waals surface area contributed by atoms with E-state index in [-0.39, 0.29) is 6.03 Å². The minimum Gasteiger partial charge on any atom is -0.497 e. The summed E-state index contributed by atoms with van der Waals surface area (Å²) >= 11 is 0. The third-order valence-electron chi connectivity index (χ3n) is 6.40.